The first-order valence-electron chi connectivity index (χ1n) is 6.42. The molecule has 0 aliphatic carbocycles. The van der Waals surface area contributed by atoms with Crippen molar-refractivity contribution in [2.45, 2.75) is 5.54 Å². The molecular formula is C14H11ClN6O. The SMILES string of the molecule is CNC(=O)C1=NN(Cl)NC1(C#N)c1ccc2ncccc2c1. The third-order valence-corrected chi connectivity index (χ3v) is 3.61. The number of hydrazine groups is 1. The molecule has 3 rings (SSSR count). The highest BCUT2D eigenvalue weighted by atomic mass is 35.5. The lowest BCUT2D eigenvalue weighted by Gasteiger charge is -2.23. The number of nitriles is 1. The zero-order chi connectivity index (χ0) is 15.7. The number of nitrogens with one attached hydrogen (secondary N) is 2. The van der Waals surface area contributed by atoms with Gasteiger partial charge in [0.2, 0.25) is 5.54 Å². The maximum atomic E-state index is 12.0. The number of carbonyl (C=O) groups is 1. The van der Waals surface area contributed by atoms with E-state index >= 15 is 0 Å². The topological polar surface area (TPSA) is 93.4 Å². The van der Waals surface area contributed by atoms with Gasteiger partial charge in [-0.3, -0.25) is 9.78 Å². The van der Waals surface area contributed by atoms with Crippen molar-refractivity contribution < 1.29 is 4.79 Å². The number of amides is 1. The number of aromatic nitrogens is 1. The van der Waals surface area contributed by atoms with Crippen LogP contribution >= 0.6 is 11.8 Å². The number of pyridine rings is 1. The fourth-order valence-electron chi connectivity index (χ4n) is 2.37. The fourth-order valence-corrected chi connectivity index (χ4v) is 2.57. The molecule has 1 aliphatic rings. The van der Waals surface area contributed by atoms with Crippen molar-refractivity contribution in [3.8, 4) is 6.07 Å². The molecule has 0 spiro atoms. The summed E-state index contributed by atoms with van der Waals surface area (Å²) in [5.74, 6) is -0.483. The summed E-state index contributed by atoms with van der Waals surface area (Å²) in [4.78, 5) is 16.3. The molecular weight excluding hydrogens is 304 g/mol. The van der Waals surface area contributed by atoms with E-state index in [1.165, 1.54) is 7.05 Å². The summed E-state index contributed by atoms with van der Waals surface area (Å²) in [6, 6.07) is 11.1. The van der Waals surface area contributed by atoms with Crippen LogP contribution in [0.2, 0.25) is 0 Å². The van der Waals surface area contributed by atoms with Crippen molar-refractivity contribution >= 4 is 34.3 Å². The van der Waals surface area contributed by atoms with Crippen LogP contribution in [0.3, 0.4) is 0 Å². The maximum Gasteiger partial charge on any atom is 0.270 e. The first-order chi connectivity index (χ1) is 10.6. The summed E-state index contributed by atoms with van der Waals surface area (Å²) < 4.78 is 0.848. The van der Waals surface area contributed by atoms with Crippen molar-refractivity contribution in [1.82, 2.24) is 20.4 Å². The number of hydrogen-bond donors (Lipinski definition) is 2. The molecule has 0 saturated heterocycles. The van der Waals surface area contributed by atoms with Crippen molar-refractivity contribution in [3.05, 3.63) is 42.1 Å². The molecule has 1 amide bonds. The molecule has 1 unspecified atom stereocenters. The Hall–Kier alpha value is -2.69. The summed E-state index contributed by atoms with van der Waals surface area (Å²) in [6.45, 7) is 0. The molecule has 2 aromatic rings. The average Bonchev–Trinajstić information content (AvgIpc) is 2.91. The standard InChI is InChI=1S/C14H11ClN6O/c1-17-13(22)12-14(8-16,20-21(15)19-12)10-4-5-11-9(7-10)3-2-6-18-11/h2-7,20H,1H3,(H,17,22). The van der Waals surface area contributed by atoms with Crippen LogP contribution in [-0.2, 0) is 10.3 Å². The Labute approximate surface area is 131 Å². The Morgan fingerprint density at radius 2 is 2.32 bits per heavy atom. The van der Waals surface area contributed by atoms with Gasteiger partial charge in [0.1, 0.15) is 0 Å². The molecule has 0 saturated carbocycles. The minimum Gasteiger partial charge on any atom is -0.354 e. The summed E-state index contributed by atoms with van der Waals surface area (Å²) in [6.07, 6.45) is 1.69. The number of benzene rings is 1. The van der Waals surface area contributed by atoms with E-state index in [-0.39, 0.29) is 5.71 Å². The Morgan fingerprint density at radius 3 is 3.05 bits per heavy atom. The Balaban J connectivity index is 2.18. The van der Waals surface area contributed by atoms with Gasteiger partial charge in [0.25, 0.3) is 5.91 Å². The van der Waals surface area contributed by atoms with E-state index in [1.54, 1.807) is 30.5 Å². The molecule has 0 bridgehead atoms. The minimum atomic E-state index is -1.45. The van der Waals surface area contributed by atoms with Crippen LogP contribution in [0.1, 0.15) is 5.56 Å². The van der Waals surface area contributed by atoms with Crippen LogP contribution in [-0.4, -0.2) is 28.3 Å². The van der Waals surface area contributed by atoms with E-state index in [2.05, 4.69) is 26.9 Å². The van der Waals surface area contributed by atoms with E-state index < -0.39 is 11.4 Å². The predicted molar refractivity (Wildman–Crippen MR) is 81.4 cm³/mol. The quantitative estimate of drug-likeness (QED) is 0.808. The van der Waals surface area contributed by atoms with Crippen LogP contribution in [0.25, 0.3) is 10.9 Å². The Morgan fingerprint density at radius 1 is 1.50 bits per heavy atom. The predicted octanol–water partition coefficient (Wildman–Crippen LogP) is 1.03. The number of fused-ring (bicyclic) bond motifs is 1. The number of hydrogen-bond acceptors (Lipinski definition) is 6. The minimum absolute atomic E-state index is 0.0178. The van der Waals surface area contributed by atoms with Crippen LogP contribution in [0.4, 0.5) is 0 Å². The second-order valence-corrected chi connectivity index (χ2v) is 4.99. The van der Waals surface area contributed by atoms with Crippen LogP contribution in [0, 0.1) is 11.3 Å². The number of hydrazone groups is 1. The lowest BCUT2D eigenvalue weighted by atomic mass is 9.86. The second kappa shape index (κ2) is 5.26. The number of halogens is 1. The van der Waals surface area contributed by atoms with E-state index in [0.717, 1.165) is 15.5 Å². The number of nitrogens with zero attached hydrogens (tertiary/aromatic N) is 4. The molecule has 1 aromatic heterocycles. The molecule has 7 nitrogen and oxygen atoms in total. The van der Waals surface area contributed by atoms with Gasteiger partial charge in [-0.15, -0.1) is 9.74 Å². The van der Waals surface area contributed by atoms with Gasteiger partial charge in [0, 0.05) is 18.6 Å². The molecule has 1 atom stereocenters. The van der Waals surface area contributed by atoms with Gasteiger partial charge in [-0.1, -0.05) is 12.1 Å². The van der Waals surface area contributed by atoms with Crippen molar-refractivity contribution in [1.29, 1.82) is 5.26 Å². The van der Waals surface area contributed by atoms with E-state index in [0.29, 0.717) is 5.56 Å². The monoisotopic (exact) mass is 314 g/mol. The lowest BCUT2D eigenvalue weighted by Crippen LogP contribution is -2.50. The third-order valence-electron chi connectivity index (χ3n) is 3.45. The molecule has 22 heavy (non-hydrogen) atoms. The number of rotatable bonds is 2. The average molecular weight is 315 g/mol. The zero-order valence-corrected chi connectivity index (χ0v) is 12.3. The highest BCUT2D eigenvalue weighted by Gasteiger charge is 2.48. The molecule has 2 N–H and O–H groups in total. The van der Waals surface area contributed by atoms with Gasteiger partial charge >= 0.3 is 0 Å². The van der Waals surface area contributed by atoms with Crippen LogP contribution in [0.5, 0.6) is 0 Å². The molecule has 1 aliphatic heterocycles. The van der Waals surface area contributed by atoms with Crippen LogP contribution < -0.4 is 10.7 Å². The molecule has 1 aromatic carbocycles. The third kappa shape index (κ3) is 2.06. The van der Waals surface area contributed by atoms with Crippen molar-refractivity contribution in [3.63, 3.8) is 0 Å². The summed E-state index contributed by atoms with van der Waals surface area (Å²) in [5.41, 5.74) is 2.59. The van der Waals surface area contributed by atoms with Crippen LogP contribution in [0.15, 0.2) is 41.6 Å². The van der Waals surface area contributed by atoms with Gasteiger partial charge in [0.15, 0.2) is 5.71 Å². The summed E-state index contributed by atoms with van der Waals surface area (Å²) in [5, 5.41) is 16.9. The van der Waals surface area contributed by atoms with Gasteiger partial charge < -0.3 is 5.32 Å². The number of carbonyl (C=O) groups excluding carboxylic acids is 1. The van der Waals surface area contributed by atoms with Crippen molar-refractivity contribution in [2.75, 3.05) is 7.05 Å². The van der Waals surface area contributed by atoms with E-state index in [9.17, 15) is 10.1 Å². The first kappa shape index (κ1) is 14.3. The van der Waals surface area contributed by atoms with E-state index in [1.807, 2.05) is 6.07 Å². The largest absolute Gasteiger partial charge is 0.354 e. The Bertz CT molecular complexity index is 829. The first-order valence-corrected chi connectivity index (χ1v) is 6.76. The molecule has 110 valence electrons. The fraction of sp³-hybridized carbons (Fsp3) is 0.143. The Kier molecular flexibility index (Phi) is 3.41. The van der Waals surface area contributed by atoms with Gasteiger partial charge in [0.05, 0.1) is 23.4 Å². The highest BCUT2D eigenvalue weighted by molar-refractivity contribution is 6.43. The van der Waals surface area contributed by atoms with Crippen molar-refractivity contribution in [2.24, 2.45) is 5.10 Å². The second-order valence-electron chi connectivity index (χ2n) is 4.67. The highest BCUT2D eigenvalue weighted by Crippen LogP contribution is 2.30. The maximum absolute atomic E-state index is 12.0. The molecule has 0 fully saturated rings. The lowest BCUT2D eigenvalue weighted by molar-refractivity contribution is -0.114. The van der Waals surface area contributed by atoms with Gasteiger partial charge in [-0.05, 0) is 23.8 Å². The van der Waals surface area contributed by atoms with Gasteiger partial charge in [-0.2, -0.15) is 10.7 Å². The smallest absolute Gasteiger partial charge is 0.270 e. The molecule has 8 heteroatoms. The summed E-state index contributed by atoms with van der Waals surface area (Å²) in [7, 11) is 1.47. The molecule has 0 radical (unpaired) electrons. The van der Waals surface area contributed by atoms with Gasteiger partial charge in [-0.25, -0.2) is 0 Å². The zero-order valence-electron chi connectivity index (χ0n) is 11.5. The summed E-state index contributed by atoms with van der Waals surface area (Å²) >= 11 is 5.83. The normalized spacial score (nSPS) is 20.6. The molecule has 2 heterocycles. The van der Waals surface area contributed by atoms with E-state index in [4.69, 9.17) is 11.8 Å².